The van der Waals surface area contributed by atoms with E-state index in [-0.39, 0.29) is 12.1 Å². The lowest BCUT2D eigenvalue weighted by Gasteiger charge is -2.23. The van der Waals surface area contributed by atoms with Gasteiger partial charge in [-0.3, -0.25) is 9.69 Å². The van der Waals surface area contributed by atoms with E-state index in [1.165, 1.54) is 4.70 Å². The van der Waals surface area contributed by atoms with Crippen molar-refractivity contribution in [2.45, 2.75) is 25.4 Å². The lowest BCUT2D eigenvalue weighted by Crippen LogP contribution is -2.35. The van der Waals surface area contributed by atoms with Gasteiger partial charge in [-0.05, 0) is 25.0 Å². The quantitative estimate of drug-likeness (QED) is 0.809. The average molecular weight is 331 g/mol. The molecule has 0 N–H and O–H groups in total. The number of aromatic nitrogens is 1. The molecule has 5 nitrogen and oxygen atoms in total. The summed E-state index contributed by atoms with van der Waals surface area (Å²) in [6.45, 7) is 4.97. The summed E-state index contributed by atoms with van der Waals surface area (Å²) in [6.07, 6.45) is 2.67. The van der Waals surface area contributed by atoms with Crippen LogP contribution >= 0.6 is 11.3 Å². The molecular formula is C17H21N3O2S. The van der Waals surface area contributed by atoms with Gasteiger partial charge in [0, 0.05) is 39.1 Å². The first-order valence-electron chi connectivity index (χ1n) is 8.30. The molecule has 1 aromatic carbocycles. The first-order valence-corrected chi connectivity index (χ1v) is 9.12. The molecule has 0 unspecified atom stereocenters. The molecule has 0 spiro atoms. The van der Waals surface area contributed by atoms with E-state index in [4.69, 9.17) is 9.72 Å². The fourth-order valence-corrected chi connectivity index (χ4v) is 4.36. The number of nitrogens with zero attached hydrogens (tertiary/aromatic N) is 3. The second-order valence-corrected chi connectivity index (χ2v) is 7.27. The Kier molecular flexibility index (Phi) is 4.18. The highest BCUT2D eigenvalue weighted by Crippen LogP contribution is 2.29. The minimum absolute atomic E-state index is 0.0408. The number of para-hydroxylation sites is 1. The molecule has 2 aliphatic heterocycles. The van der Waals surface area contributed by atoms with Gasteiger partial charge in [0.25, 0.3) is 0 Å². The summed E-state index contributed by atoms with van der Waals surface area (Å²) in [5.41, 5.74) is 1.09. The normalized spacial score (nSPS) is 23.2. The first kappa shape index (κ1) is 14.9. The molecule has 23 heavy (non-hydrogen) atoms. The molecule has 3 heterocycles. The van der Waals surface area contributed by atoms with E-state index in [2.05, 4.69) is 28.0 Å². The number of carbonyl (C=O) groups excluding carboxylic acids is 1. The molecule has 2 aliphatic rings. The van der Waals surface area contributed by atoms with E-state index < -0.39 is 0 Å². The van der Waals surface area contributed by atoms with Gasteiger partial charge in [-0.25, -0.2) is 4.98 Å². The Hall–Kier alpha value is -1.66. The molecule has 6 heteroatoms. The monoisotopic (exact) mass is 331 g/mol. The number of anilines is 1. The van der Waals surface area contributed by atoms with Crippen molar-refractivity contribution < 1.29 is 9.53 Å². The van der Waals surface area contributed by atoms with Crippen LogP contribution in [-0.4, -0.2) is 54.7 Å². The van der Waals surface area contributed by atoms with Gasteiger partial charge in [0.1, 0.15) is 6.10 Å². The van der Waals surface area contributed by atoms with Crippen molar-refractivity contribution in [3.63, 3.8) is 0 Å². The number of hydrogen-bond donors (Lipinski definition) is 0. The Labute approximate surface area is 139 Å². The number of carbonyl (C=O) groups is 1. The summed E-state index contributed by atoms with van der Waals surface area (Å²) >= 11 is 1.77. The molecule has 122 valence electrons. The number of benzene rings is 1. The van der Waals surface area contributed by atoms with E-state index in [0.717, 1.165) is 56.2 Å². The van der Waals surface area contributed by atoms with Gasteiger partial charge in [-0.2, -0.15) is 0 Å². The molecule has 0 bridgehead atoms. The van der Waals surface area contributed by atoms with Crippen molar-refractivity contribution in [1.82, 2.24) is 9.88 Å². The minimum atomic E-state index is -0.0408. The average Bonchev–Trinajstić information content (AvgIpc) is 3.08. The number of esters is 1. The number of ether oxygens (including phenoxy) is 1. The third kappa shape index (κ3) is 3.33. The van der Waals surface area contributed by atoms with Gasteiger partial charge in [-0.15, -0.1) is 0 Å². The number of hydrogen-bond acceptors (Lipinski definition) is 6. The molecule has 0 radical (unpaired) electrons. The third-order valence-corrected chi connectivity index (χ3v) is 5.67. The fraction of sp³-hybridized carbons (Fsp3) is 0.529. The number of fused-ring (bicyclic) bond motifs is 1. The van der Waals surface area contributed by atoms with Crippen LogP contribution in [0.25, 0.3) is 10.2 Å². The largest absolute Gasteiger partial charge is 0.461 e. The van der Waals surface area contributed by atoms with Gasteiger partial charge in [0.05, 0.1) is 10.2 Å². The molecule has 1 atom stereocenters. The molecule has 1 aromatic heterocycles. The standard InChI is InChI=1S/C17H21N3O2S/c21-16-7-6-13(22-16)12-19-8-3-9-20(11-10-19)17-18-14-4-1-2-5-15(14)23-17/h1-2,4-5,13H,3,6-12H2/t13-/m1/s1. The van der Waals surface area contributed by atoms with Crippen LogP contribution in [0.2, 0.25) is 0 Å². The topological polar surface area (TPSA) is 45.7 Å². The van der Waals surface area contributed by atoms with Crippen molar-refractivity contribution in [2.75, 3.05) is 37.6 Å². The summed E-state index contributed by atoms with van der Waals surface area (Å²) in [5, 5.41) is 1.13. The maximum atomic E-state index is 11.2. The second-order valence-electron chi connectivity index (χ2n) is 6.26. The highest BCUT2D eigenvalue weighted by Gasteiger charge is 2.26. The molecule has 4 rings (SSSR count). The lowest BCUT2D eigenvalue weighted by atomic mass is 10.2. The summed E-state index contributed by atoms with van der Waals surface area (Å²) in [4.78, 5) is 20.8. The highest BCUT2D eigenvalue weighted by molar-refractivity contribution is 7.22. The van der Waals surface area contributed by atoms with E-state index >= 15 is 0 Å². The molecule has 2 aromatic rings. The smallest absolute Gasteiger partial charge is 0.306 e. The Morgan fingerprint density at radius 1 is 1.22 bits per heavy atom. The SMILES string of the molecule is O=C1CC[C@H](CN2CCCN(c3nc4ccccc4s3)CC2)O1. The predicted octanol–water partition coefficient (Wildman–Crippen LogP) is 2.51. The van der Waals surface area contributed by atoms with Crippen molar-refractivity contribution in [1.29, 1.82) is 0 Å². The molecule has 0 saturated carbocycles. The second kappa shape index (κ2) is 6.45. The summed E-state index contributed by atoms with van der Waals surface area (Å²) in [7, 11) is 0. The van der Waals surface area contributed by atoms with Crippen LogP contribution in [0.5, 0.6) is 0 Å². The number of rotatable bonds is 3. The Bertz CT molecular complexity index is 669. The van der Waals surface area contributed by atoms with Crippen molar-refractivity contribution in [3.8, 4) is 0 Å². The van der Waals surface area contributed by atoms with E-state index in [9.17, 15) is 4.79 Å². The van der Waals surface area contributed by atoms with Crippen LogP contribution in [0.15, 0.2) is 24.3 Å². The first-order chi connectivity index (χ1) is 11.3. The van der Waals surface area contributed by atoms with Crippen LogP contribution in [0, 0.1) is 0 Å². The zero-order valence-corrected chi connectivity index (χ0v) is 13.9. The Morgan fingerprint density at radius 3 is 2.96 bits per heavy atom. The molecule has 2 saturated heterocycles. The van der Waals surface area contributed by atoms with Crippen molar-refractivity contribution >= 4 is 32.7 Å². The van der Waals surface area contributed by atoms with Crippen molar-refractivity contribution in [3.05, 3.63) is 24.3 Å². The molecular weight excluding hydrogens is 310 g/mol. The number of thiazole rings is 1. The van der Waals surface area contributed by atoms with Crippen molar-refractivity contribution in [2.24, 2.45) is 0 Å². The van der Waals surface area contributed by atoms with Crippen LogP contribution in [0.1, 0.15) is 19.3 Å². The predicted molar refractivity (Wildman–Crippen MR) is 92.0 cm³/mol. The molecule has 2 fully saturated rings. The van der Waals surface area contributed by atoms with Crippen LogP contribution < -0.4 is 4.90 Å². The van der Waals surface area contributed by atoms with Gasteiger partial charge in [0.15, 0.2) is 5.13 Å². The Balaban J connectivity index is 1.39. The van der Waals surface area contributed by atoms with E-state index in [0.29, 0.717) is 6.42 Å². The highest BCUT2D eigenvalue weighted by atomic mass is 32.1. The van der Waals surface area contributed by atoms with Crippen LogP contribution in [0.3, 0.4) is 0 Å². The van der Waals surface area contributed by atoms with Crippen LogP contribution in [-0.2, 0) is 9.53 Å². The van der Waals surface area contributed by atoms with Gasteiger partial charge in [-0.1, -0.05) is 23.5 Å². The maximum absolute atomic E-state index is 11.2. The molecule has 0 amide bonds. The van der Waals surface area contributed by atoms with Gasteiger partial charge < -0.3 is 9.64 Å². The fourth-order valence-electron chi connectivity index (χ4n) is 3.34. The Morgan fingerprint density at radius 2 is 2.13 bits per heavy atom. The van der Waals surface area contributed by atoms with E-state index in [1.54, 1.807) is 11.3 Å². The maximum Gasteiger partial charge on any atom is 0.306 e. The summed E-state index contributed by atoms with van der Waals surface area (Å²) in [5.74, 6) is -0.0408. The molecule has 0 aliphatic carbocycles. The lowest BCUT2D eigenvalue weighted by molar-refractivity contribution is -0.141. The van der Waals surface area contributed by atoms with E-state index in [1.807, 2.05) is 6.07 Å². The minimum Gasteiger partial charge on any atom is -0.461 e. The summed E-state index contributed by atoms with van der Waals surface area (Å²) in [6, 6.07) is 8.32. The van der Waals surface area contributed by atoms with Gasteiger partial charge in [0.2, 0.25) is 0 Å². The third-order valence-electron chi connectivity index (χ3n) is 4.57. The number of cyclic esters (lactones) is 1. The zero-order valence-electron chi connectivity index (χ0n) is 13.1. The zero-order chi connectivity index (χ0) is 15.6. The van der Waals surface area contributed by atoms with Crippen LogP contribution in [0.4, 0.5) is 5.13 Å². The van der Waals surface area contributed by atoms with Gasteiger partial charge >= 0.3 is 5.97 Å². The summed E-state index contributed by atoms with van der Waals surface area (Å²) < 4.78 is 6.60.